The van der Waals surface area contributed by atoms with Gasteiger partial charge in [0.1, 0.15) is 0 Å². The minimum absolute atomic E-state index is 0.260. The maximum absolute atomic E-state index is 13.6. The van der Waals surface area contributed by atoms with E-state index in [0.717, 1.165) is 30.9 Å². The van der Waals surface area contributed by atoms with Crippen LogP contribution in [0, 0.1) is 11.7 Å². The number of aryl methyl sites for hydroxylation is 1. The third kappa shape index (κ3) is 4.20. The van der Waals surface area contributed by atoms with E-state index < -0.39 is 0 Å². The van der Waals surface area contributed by atoms with E-state index in [9.17, 15) is 4.39 Å². The minimum atomic E-state index is -0.260. The third-order valence-electron chi connectivity index (χ3n) is 3.81. The molecule has 1 aromatic carbocycles. The van der Waals surface area contributed by atoms with Crippen molar-refractivity contribution in [3.05, 3.63) is 29.6 Å². The smallest absolute Gasteiger partial charge is 0.165 e. The second-order valence-electron chi connectivity index (χ2n) is 5.41. The van der Waals surface area contributed by atoms with Crippen LogP contribution in [0.25, 0.3) is 0 Å². The first-order valence-electron chi connectivity index (χ1n) is 7.30. The summed E-state index contributed by atoms with van der Waals surface area (Å²) in [5.74, 6) is 0.908. The number of ether oxygens (including phenoxy) is 1. The van der Waals surface area contributed by atoms with Gasteiger partial charge in [0.2, 0.25) is 0 Å². The van der Waals surface area contributed by atoms with Gasteiger partial charge in [0.25, 0.3) is 0 Å². The monoisotopic (exact) mass is 265 g/mol. The lowest BCUT2D eigenvalue weighted by atomic mass is 10.0. The summed E-state index contributed by atoms with van der Waals surface area (Å²) in [5.41, 5.74) is 1.06. The van der Waals surface area contributed by atoms with Crippen LogP contribution in [0.2, 0.25) is 0 Å². The first-order chi connectivity index (χ1) is 9.24. The average molecular weight is 265 g/mol. The second kappa shape index (κ2) is 6.90. The van der Waals surface area contributed by atoms with Crippen LogP contribution in [0.15, 0.2) is 18.2 Å². The number of rotatable bonds is 8. The van der Waals surface area contributed by atoms with Crippen molar-refractivity contribution in [1.82, 2.24) is 5.32 Å². The first-order valence-corrected chi connectivity index (χ1v) is 7.30. The molecule has 1 aliphatic rings. The molecule has 0 heterocycles. The highest BCUT2D eigenvalue weighted by atomic mass is 19.1. The minimum Gasteiger partial charge on any atom is -0.494 e. The molecule has 1 atom stereocenters. The number of hydrogen-bond acceptors (Lipinski definition) is 2. The predicted octanol–water partition coefficient (Wildman–Crippen LogP) is 3.55. The molecule has 0 aromatic heterocycles. The van der Waals surface area contributed by atoms with E-state index in [1.807, 2.05) is 6.07 Å². The molecule has 0 bridgehead atoms. The molecule has 3 heteroatoms. The van der Waals surface area contributed by atoms with Gasteiger partial charge in [-0.15, -0.1) is 0 Å². The van der Waals surface area contributed by atoms with E-state index in [0.29, 0.717) is 11.8 Å². The molecule has 0 saturated heterocycles. The van der Waals surface area contributed by atoms with E-state index in [4.69, 9.17) is 4.74 Å². The molecular formula is C16H24FNO. The van der Waals surface area contributed by atoms with Crippen molar-refractivity contribution in [2.24, 2.45) is 5.92 Å². The van der Waals surface area contributed by atoms with Crippen LogP contribution in [0.3, 0.4) is 0 Å². The molecule has 0 radical (unpaired) electrons. The Bertz CT molecular complexity index is 404. The van der Waals surface area contributed by atoms with Crippen LogP contribution >= 0.6 is 0 Å². The van der Waals surface area contributed by atoms with Crippen molar-refractivity contribution in [2.75, 3.05) is 13.7 Å². The van der Waals surface area contributed by atoms with E-state index in [-0.39, 0.29) is 5.82 Å². The number of nitrogens with one attached hydrogen (secondary N) is 1. The Balaban J connectivity index is 1.87. The van der Waals surface area contributed by atoms with E-state index in [2.05, 4.69) is 12.2 Å². The maximum Gasteiger partial charge on any atom is 0.165 e. The zero-order valence-electron chi connectivity index (χ0n) is 11.9. The summed E-state index contributed by atoms with van der Waals surface area (Å²) in [6.07, 6.45) is 5.88. The Morgan fingerprint density at radius 1 is 1.42 bits per heavy atom. The van der Waals surface area contributed by atoms with Crippen LogP contribution in [-0.2, 0) is 6.42 Å². The molecule has 106 valence electrons. The molecule has 1 N–H and O–H groups in total. The summed E-state index contributed by atoms with van der Waals surface area (Å²) in [4.78, 5) is 0. The fourth-order valence-electron chi connectivity index (χ4n) is 2.52. The van der Waals surface area contributed by atoms with Gasteiger partial charge in [0.15, 0.2) is 11.6 Å². The number of hydrogen-bond donors (Lipinski definition) is 1. The first kappa shape index (κ1) is 14.3. The summed E-state index contributed by atoms with van der Waals surface area (Å²) in [6.45, 7) is 3.27. The number of methoxy groups -OCH3 is 1. The fourth-order valence-corrected chi connectivity index (χ4v) is 2.52. The van der Waals surface area contributed by atoms with Crippen LogP contribution in [0.4, 0.5) is 4.39 Å². The van der Waals surface area contributed by atoms with Crippen molar-refractivity contribution in [3.8, 4) is 5.75 Å². The van der Waals surface area contributed by atoms with Gasteiger partial charge in [0, 0.05) is 6.04 Å². The Morgan fingerprint density at radius 3 is 2.79 bits per heavy atom. The predicted molar refractivity (Wildman–Crippen MR) is 76.1 cm³/mol. The SMILES string of the molecule is CCCNC(CCc1ccc(OC)c(F)c1)C1CC1. The summed E-state index contributed by atoms with van der Waals surface area (Å²) in [6, 6.07) is 5.88. The number of halogens is 1. The Labute approximate surface area is 115 Å². The van der Waals surface area contributed by atoms with E-state index in [1.165, 1.54) is 26.4 Å². The van der Waals surface area contributed by atoms with Crippen LogP contribution in [-0.4, -0.2) is 19.7 Å². The Hall–Kier alpha value is -1.09. The highest BCUT2D eigenvalue weighted by Gasteiger charge is 2.30. The molecular weight excluding hydrogens is 241 g/mol. The number of benzene rings is 1. The Kier molecular flexibility index (Phi) is 5.20. The second-order valence-corrected chi connectivity index (χ2v) is 5.41. The molecule has 19 heavy (non-hydrogen) atoms. The quantitative estimate of drug-likeness (QED) is 0.776. The molecule has 0 aliphatic heterocycles. The highest BCUT2D eigenvalue weighted by Crippen LogP contribution is 2.34. The molecule has 2 rings (SSSR count). The maximum atomic E-state index is 13.6. The third-order valence-corrected chi connectivity index (χ3v) is 3.81. The van der Waals surface area contributed by atoms with Crippen molar-refractivity contribution in [3.63, 3.8) is 0 Å². The van der Waals surface area contributed by atoms with Crippen molar-refractivity contribution in [1.29, 1.82) is 0 Å². The van der Waals surface area contributed by atoms with Gasteiger partial charge in [-0.1, -0.05) is 13.0 Å². The summed E-state index contributed by atoms with van der Waals surface area (Å²) in [5, 5.41) is 3.62. The van der Waals surface area contributed by atoms with Crippen LogP contribution in [0.5, 0.6) is 5.75 Å². The van der Waals surface area contributed by atoms with Gasteiger partial charge in [-0.3, -0.25) is 0 Å². The average Bonchev–Trinajstić information content (AvgIpc) is 3.23. The summed E-state index contributed by atoms with van der Waals surface area (Å²) < 4.78 is 18.5. The Morgan fingerprint density at radius 2 is 2.21 bits per heavy atom. The zero-order chi connectivity index (χ0) is 13.7. The van der Waals surface area contributed by atoms with Gasteiger partial charge >= 0.3 is 0 Å². The normalized spacial score (nSPS) is 16.4. The molecule has 2 nitrogen and oxygen atoms in total. The van der Waals surface area contributed by atoms with Gasteiger partial charge in [-0.2, -0.15) is 0 Å². The lowest BCUT2D eigenvalue weighted by Gasteiger charge is -2.18. The topological polar surface area (TPSA) is 21.3 Å². The largest absolute Gasteiger partial charge is 0.494 e. The van der Waals surface area contributed by atoms with E-state index in [1.54, 1.807) is 12.1 Å². The van der Waals surface area contributed by atoms with E-state index >= 15 is 0 Å². The van der Waals surface area contributed by atoms with Crippen molar-refractivity contribution < 1.29 is 9.13 Å². The zero-order valence-corrected chi connectivity index (χ0v) is 11.9. The van der Waals surface area contributed by atoms with Gasteiger partial charge < -0.3 is 10.1 Å². The fraction of sp³-hybridized carbons (Fsp3) is 0.625. The standard InChI is InChI=1S/C16H24FNO/c1-3-10-18-15(13-6-7-13)8-4-12-5-9-16(19-2)14(17)11-12/h5,9,11,13,15,18H,3-4,6-8,10H2,1-2H3. The molecule has 1 unspecified atom stereocenters. The molecule has 0 spiro atoms. The lowest BCUT2D eigenvalue weighted by Crippen LogP contribution is -2.32. The lowest BCUT2D eigenvalue weighted by molar-refractivity contribution is 0.385. The van der Waals surface area contributed by atoms with Crippen LogP contribution in [0.1, 0.15) is 38.2 Å². The summed E-state index contributed by atoms with van der Waals surface area (Å²) >= 11 is 0. The molecule has 1 aromatic rings. The molecule has 1 aliphatic carbocycles. The van der Waals surface area contributed by atoms with Gasteiger partial charge in [0.05, 0.1) is 7.11 Å². The molecule has 1 saturated carbocycles. The summed E-state index contributed by atoms with van der Waals surface area (Å²) in [7, 11) is 1.50. The highest BCUT2D eigenvalue weighted by molar-refractivity contribution is 5.29. The van der Waals surface area contributed by atoms with Crippen molar-refractivity contribution >= 4 is 0 Å². The molecule has 1 fully saturated rings. The van der Waals surface area contributed by atoms with Crippen molar-refractivity contribution in [2.45, 2.75) is 45.1 Å². The molecule has 0 amide bonds. The van der Waals surface area contributed by atoms with Gasteiger partial charge in [-0.05, 0) is 62.3 Å². The van der Waals surface area contributed by atoms with Gasteiger partial charge in [-0.25, -0.2) is 4.39 Å². The van der Waals surface area contributed by atoms with Crippen LogP contribution < -0.4 is 10.1 Å².